The Bertz CT molecular complexity index is 919. The largest absolute Gasteiger partial charge is 0.397 e. The van der Waals surface area contributed by atoms with Crippen LogP contribution in [-0.2, 0) is 4.74 Å². The van der Waals surface area contributed by atoms with E-state index in [0.717, 1.165) is 45.8 Å². The topological polar surface area (TPSA) is 99.9 Å². The van der Waals surface area contributed by atoms with Gasteiger partial charge in [-0.2, -0.15) is 0 Å². The SMILES string of the molecule is Nc1ccccc1NC(=O)c1ccc(C(=O)N2CCN(CCC3CNCCO3)CC2)cc1. The lowest BCUT2D eigenvalue weighted by atomic mass is 10.1. The lowest BCUT2D eigenvalue weighted by Crippen LogP contribution is -2.49. The normalized spacial score (nSPS) is 19.5. The lowest BCUT2D eigenvalue weighted by Gasteiger charge is -2.35. The molecule has 2 heterocycles. The summed E-state index contributed by atoms with van der Waals surface area (Å²) in [5.41, 5.74) is 8.04. The number of amides is 2. The Morgan fingerprint density at radius 1 is 1.03 bits per heavy atom. The second-order valence-corrected chi connectivity index (χ2v) is 8.24. The van der Waals surface area contributed by atoms with Crippen molar-refractivity contribution in [3.05, 3.63) is 59.7 Å². The van der Waals surface area contributed by atoms with Crippen LogP contribution < -0.4 is 16.4 Å². The predicted molar refractivity (Wildman–Crippen MR) is 125 cm³/mol. The van der Waals surface area contributed by atoms with Crippen LogP contribution in [0.2, 0.25) is 0 Å². The Kier molecular flexibility index (Phi) is 7.36. The highest BCUT2D eigenvalue weighted by Crippen LogP contribution is 2.18. The van der Waals surface area contributed by atoms with Gasteiger partial charge in [-0.3, -0.25) is 14.5 Å². The van der Waals surface area contributed by atoms with E-state index < -0.39 is 0 Å². The van der Waals surface area contributed by atoms with Crippen molar-refractivity contribution in [3.8, 4) is 0 Å². The summed E-state index contributed by atoms with van der Waals surface area (Å²) in [7, 11) is 0. The monoisotopic (exact) mass is 437 g/mol. The summed E-state index contributed by atoms with van der Waals surface area (Å²) >= 11 is 0. The van der Waals surface area contributed by atoms with Crippen molar-refractivity contribution >= 4 is 23.2 Å². The highest BCUT2D eigenvalue weighted by molar-refractivity contribution is 6.06. The molecule has 2 aliphatic heterocycles. The molecule has 2 aliphatic rings. The van der Waals surface area contributed by atoms with Crippen LogP contribution in [0.1, 0.15) is 27.1 Å². The first-order valence-electron chi connectivity index (χ1n) is 11.2. The first-order valence-corrected chi connectivity index (χ1v) is 11.2. The molecule has 2 aromatic carbocycles. The average molecular weight is 438 g/mol. The van der Waals surface area contributed by atoms with Crippen LogP contribution in [0.15, 0.2) is 48.5 Å². The molecular formula is C24H31N5O3. The minimum absolute atomic E-state index is 0.00345. The van der Waals surface area contributed by atoms with Crippen molar-refractivity contribution in [1.82, 2.24) is 15.1 Å². The van der Waals surface area contributed by atoms with E-state index in [0.29, 0.717) is 35.6 Å². The van der Waals surface area contributed by atoms with E-state index in [9.17, 15) is 9.59 Å². The van der Waals surface area contributed by atoms with E-state index in [1.54, 1.807) is 36.4 Å². The molecule has 0 aromatic heterocycles. The molecule has 1 unspecified atom stereocenters. The number of para-hydroxylation sites is 2. The number of nitrogens with zero attached hydrogens (tertiary/aromatic N) is 2. The summed E-state index contributed by atoms with van der Waals surface area (Å²) in [6.45, 7) is 6.78. The third kappa shape index (κ3) is 5.64. The van der Waals surface area contributed by atoms with E-state index in [2.05, 4.69) is 15.5 Å². The standard InChI is InChI=1S/C24H31N5O3/c25-21-3-1-2-4-22(21)27-23(30)18-5-7-19(8-6-18)24(31)29-14-12-28(13-15-29)11-9-20-17-26-10-16-32-20/h1-8,20,26H,9-17,25H2,(H,27,30). The number of nitrogens with two attached hydrogens (primary N) is 1. The molecule has 2 fully saturated rings. The molecule has 2 saturated heterocycles. The Labute approximate surface area is 188 Å². The third-order valence-corrected chi connectivity index (χ3v) is 6.03. The highest BCUT2D eigenvalue weighted by Gasteiger charge is 2.23. The maximum atomic E-state index is 12.9. The van der Waals surface area contributed by atoms with Crippen molar-refractivity contribution < 1.29 is 14.3 Å². The number of morpholine rings is 1. The number of piperazine rings is 1. The first-order chi connectivity index (χ1) is 15.6. The summed E-state index contributed by atoms with van der Waals surface area (Å²) < 4.78 is 5.76. The van der Waals surface area contributed by atoms with Gasteiger partial charge in [-0.05, 0) is 42.8 Å². The van der Waals surface area contributed by atoms with Gasteiger partial charge >= 0.3 is 0 Å². The molecule has 0 aliphatic carbocycles. The zero-order chi connectivity index (χ0) is 22.3. The molecule has 4 N–H and O–H groups in total. The maximum absolute atomic E-state index is 12.9. The zero-order valence-corrected chi connectivity index (χ0v) is 18.3. The third-order valence-electron chi connectivity index (χ3n) is 6.03. The van der Waals surface area contributed by atoms with E-state index in [4.69, 9.17) is 10.5 Å². The van der Waals surface area contributed by atoms with Crippen molar-refractivity contribution in [3.63, 3.8) is 0 Å². The maximum Gasteiger partial charge on any atom is 0.255 e. The fourth-order valence-electron chi connectivity index (χ4n) is 4.06. The van der Waals surface area contributed by atoms with Crippen LogP contribution in [0.3, 0.4) is 0 Å². The Morgan fingerprint density at radius 2 is 1.75 bits per heavy atom. The summed E-state index contributed by atoms with van der Waals surface area (Å²) in [6.07, 6.45) is 1.30. The summed E-state index contributed by atoms with van der Waals surface area (Å²) in [6, 6.07) is 13.9. The Morgan fingerprint density at radius 3 is 2.44 bits per heavy atom. The number of hydrogen-bond acceptors (Lipinski definition) is 6. The molecule has 32 heavy (non-hydrogen) atoms. The van der Waals surface area contributed by atoms with Gasteiger partial charge in [-0.25, -0.2) is 0 Å². The second-order valence-electron chi connectivity index (χ2n) is 8.24. The summed E-state index contributed by atoms with van der Waals surface area (Å²) in [4.78, 5) is 29.6. The van der Waals surface area contributed by atoms with Crippen LogP contribution in [0.4, 0.5) is 11.4 Å². The Hall–Kier alpha value is -2.94. The lowest BCUT2D eigenvalue weighted by molar-refractivity contribution is 0.0137. The number of nitrogens with one attached hydrogen (secondary N) is 2. The predicted octanol–water partition coefficient (Wildman–Crippen LogP) is 1.66. The highest BCUT2D eigenvalue weighted by atomic mass is 16.5. The molecule has 0 saturated carbocycles. The van der Waals surface area contributed by atoms with Crippen molar-refractivity contribution in [2.75, 3.05) is 63.5 Å². The molecule has 8 nitrogen and oxygen atoms in total. The van der Waals surface area contributed by atoms with Gasteiger partial charge in [0.05, 0.1) is 24.1 Å². The van der Waals surface area contributed by atoms with Crippen LogP contribution in [-0.4, -0.2) is 80.1 Å². The van der Waals surface area contributed by atoms with Crippen molar-refractivity contribution in [2.24, 2.45) is 0 Å². The summed E-state index contributed by atoms with van der Waals surface area (Å²) in [5, 5.41) is 6.16. The number of carbonyl (C=O) groups excluding carboxylic acids is 2. The molecule has 0 spiro atoms. The van der Waals surface area contributed by atoms with Crippen LogP contribution in [0.25, 0.3) is 0 Å². The van der Waals surface area contributed by atoms with Crippen molar-refractivity contribution in [2.45, 2.75) is 12.5 Å². The molecule has 1 atom stereocenters. The number of nitrogen functional groups attached to an aromatic ring is 1. The molecule has 0 radical (unpaired) electrons. The van der Waals surface area contributed by atoms with Crippen LogP contribution in [0.5, 0.6) is 0 Å². The van der Waals surface area contributed by atoms with Gasteiger partial charge in [-0.1, -0.05) is 12.1 Å². The van der Waals surface area contributed by atoms with E-state index in [1.165, 1.54) is 0 Å². The number of hydrogen-bond donors (Lipinski definition) is 3. The number of benzene rings is 2. The molecule has 4 rings (SSSR count). The molecule has 8 heteroatoms. The average Bonchev–Trinajstić information content (AvgIpc) is 2.85. The van der Waals surface area contributed by atoms with E-state index in [-0.39, 0.29) is 17.9 Å². The Balaban J connectivity index is 1.26. The first kappa shape index (κ1) is 22.3. The van der Waals surface area contributed by atoms with Gasteiger partial charge in [-0.15, -0.1) is 0 Å². The number of ether oxygens (including phenoxy) is 1. The quantitative estimate of drug-likeness (QED) is 0.595. The number of carbonyl (C=O) groups is 2. The molecule has 2 amide bonds. The van der Waals surface area contributed by atoms with Gasteiger partial charge in [0.2, 0.25) is 0 Å². The smallest absolute Gasteiger partial charge is 0.255 e. The minimum Gasteiger partial charge on any atom is -0.397 e. The van der Waals surface area contributed by atoms with Crippen LogP contribution >= 0.6 is 0 Å². The van der Waals surface area contributed by atoms with E-state index in [1.807, 2.05) is 17.0 Å². The number of anilines is 2. The van der Waals surface area contributed by atoms with Gasteiger partial charge in [0.15, 0.2) is 0 Å². The number of rotatable bonds is 6. The van der Waals surface area contributed by atoms with Crippen LogP contribution in [0, 0.1) is 0 Å². The van der Waals surface area contributed by atoms with E-state index >= 15 is 0 Å². The van der Waals surface area contributed by atoms with Gasteiger partial charge in [0.25, 0.3) is 11.8 Å². The molecule has 2 aromatic rings. The molecular weight excluding hydrogens is 406 g/mol. The molecule has 170 valence electrons. The zero-order valence-electron chi connectivity index (χ0n) is 18.3. The second kappa shape index (κ2) is 10.6. The fraction of sp³-hybridized carbons (Fsp3) is 0.417. The van der Waals surface area contributed by atoms with Crippen molar-refractivity contribution in [1.29, 1.82) is 0 Å². The fourth-order valence-corrected chi connectivity index (χ4v) is 4.06. The van der Waals surface area contributed by atoms with Gasteiger partial charge in [0, 0.05) is 56.9 Å². The molecule has 0 bridgehead atoms. The van der Waals surface area contributed by atoms with Gasteiger partial charge in [0.1, 0.15) is 0 Å². The minimum atomic E-state index is -0.257. The summed E-state index contributed by atoms with van der Waals surface area (Å²) in [5.74, 6) is -0.253. The van der Waals surface area contributed by atoms with Gasteiger partial charge < -0.3 is 26.0 Å².